The van der Waals surface area contributed by atoms with Crippen molar-refractivity contribution in [3.8, 4) is 0 Å². The second-order valence-electron chi connectivity index (χ2n) is 6.46. The van der Waals surface area contributed by atoms with Crippen LogP contribution in [0.15, 0.2) is 54.7 Å². The van der Waals surface area contributed by atoms with E-state index in [0.717, 1.165) is 18.3 Å². The highest BCUT2D eigenvalue weighted by Gasteiger charge is 2.32. The zero-order chi connectivity index (χ0) is 24.3. The molecule has 1 N–H and O–H groups in total. The number of hydrogen-bond donors (Lipinski definition) is 1. The lowest BCUT2D eigenvalue weighted by Gasteiger charge is -2.19. The Kier molecular flexibility index (Phi) is 7.74. The molecule has 1 amide bonds. The molecule has 12 heteroatoms. The first-order chi connectivity index (χ1) is 15.5. The van der Waals surface area contributed by atoms with Gasteiger partial charge in [-0.2, -0.15) is 13.2 Å². The molecule has 2 aromatic carbocycles. The normalized spacial score (nSPS) is 12.2. The van der Waals surface area contributed by atoms with E-state index in [4.69, 9.17) is 51.1 Å². The van der Waals surface area contributed by atoms with Crippen molar-refractivity contribution in [1.29, 1.82) is 0 Å². The second-order valence-corrected chi connectivity index (χ2v) is 8.03. The van der Waals surface area contributed by atoms with Gasteiger partial charge in [0.25, 0.3) is 5.91 Å². The summed E-state index contributed by atoms with van der Waals surface area (Å²) in [4.78, 5) is 29.4. The van der Waals surface area contributed by atoms with E-state index in [1.807, 2.05) is 0 Å². The van der Waals surface area contributed by atoms with Crippen LogP contribution in [0.3, 0.4) is 0 Å². The van der Waals surface area contributed by atoms with Crippen molar-refractivity contribution in [2.75, 3.05) is 5.32 Å². The SMILES string of the molecule is O=C(OC(C(=O)Nc1cc(C(F)(F)F)ccc1Cl)c1ccccc1)c1ncc(Cl)c(Cl)c1Cl. The van der Waals surface area contributed by atoms with Gasteiger partial charge in [-0.1, -0.05) is 76.7 Å². The van der Waals surface area contributed by atoms with Crippen molar-refractivity contribution in [1.82, 2.24) is 4.98 Å². The van der Waals surface area contributed by atoms with E-state index < -0.39 is 35.4 Å². The summed E-state index contributed by atoms with van der Waals surface area (Å²) >= 11 is 23.7. The number of rotatable bonds is 5. The maximum Gasteiger partial charge on any atom is 0.416 e. The minimum Gasteiger partial charge on any atom is -0.443 e. The number of hydrogen-bond acceptors (Lipinski definition) is 4. The lowest BCUT2D eigenvalue weighted by atomic mass is 10.1. The Morgan fingerprint density at radius 2 is 1.61 bits per heavy atom. The molecule has 3 rings (SSSR count). The molecule has 5 nitrogen and oxygen atoms in total. The topological polar surface area (TPSA) is 68.3 Å². The zero-order valence-electron chi connectivity index (χ0n) is 16.1. The summed E-state index contributed by atoms with van der Waals surface area (Å²) in [5.74, 6) is -2.08. The van der Waals surface area contributed by atoms with Gasteiger partial charge in [0.15, 0.2) is 5.69 Å². The predicted octanol–water partition coefficient (Wildman–Crippen LogP) is 7.25. The Bertz CT molecular complexity index is 1210. The van der Waals surface area contributed by atoms with E-state index >= 15 is 0 Å². The maximum atomic E-state index is 13.1. The third kappa shape index (κ3) is 5.89. The van der Waals surface area contributed by atoms with Gasteiger partial charge in [-0.25, -0.2) is 9.78 Å². The van der Waals surface area contributed by atoms with Crippen LogP contribution in [0.4, 0.5) is 18.9 Å². The smallest absolute Gasteiger partial charge is 0.416 e. The predicted molar refractivity (Wildman–Crippen MR) is 119 cm³/mol. The number of esters is 1. The van der Waals surface area contributed by atoms with Crippen molar-refractivity contribution in [2.45, 2.75) is 12.3 Å². The van der Waals surface area contributed by atoms with Crippen LogP contribution in [-0.4, -0.2) is 16.9 Å². The molecule has 0 radical (unpaired) electrons. The molecule has 0 saturated carbocycles. The van der Waals surface area contributed by atoms with Gasteiger partial charge in [0.1, 0.15) is 0 Å². The highest BCUT2D eigenvalue weighted by atomic mass is 35.5. The molecule has 0 aliphatic rings. The quantitative estimate of drug-likeness (QED) is 0.348. The molecule has 0 fully saturated rings. The summed E-state index contributed by atoms with van der Waals surface area (Å²) in [5, 5.41) is 1.68. The fourth-order valence-corrected chi connectivity index (χ4v) is 3.37. The molecule has 0 bridgehead atoms. The van der Waals surface area contributed by atoms with E-state index in [-0.39, 0.29) is 31.3 Å². The lowest BCUT2D eigenvalue weighted by Crippen LogP contribution is -2.26. The number of aromatic nitrogens is 1. The van der Waals surface area contributed by atoms with Crippen molar-refractivity contribution in [3.63, 3.8) is 0 Å². The highest BCUT2D eigenvalue weighted by molar-refractivity contribution is 6.48. The van der Waals surface area contributed by atoms with Crippen molar-refractivity contribution < 1.29 is 27.5 Å². The fraction of sp³-hybridized carbons (Fsp3) is 0.0952. The first kappa shape index (κ1) is 25.1. The monoisotopic (exact) mass is 536 g/mol. The number of halogens is 7. The van der Waals surface area contributed by atoms with E-state index in [9.17, 15) is 22.8 Å². The molecule has 1 atom stereocenters. The molecule has 1 aromatic heterocycles. The zero-order valence-corrected chi connectivity index (χ0v) is 19.1. The molecule has 0 saturated heterocycles. The van der Waals surface area contributed by atoms with E-state index in [1.165, 1.54) is 12.1 Å². The molecular weight excluding hydrogens is 527 g/mol. The van der Waals surface area contributed by atoms with Crippen LogP contribution in [0.1, 0.15) is 27.7 Å². The Labute approximate surface area is 205 Å². The Balaban J connectivity index is 1.93. The summed E-state index contributed by atoms with van der Waals surface area (Å²) in [6, 6.07) is 10.2. The first-order valence-electron chi connectivity index (χ1n) is 8.92. The van der Waals surface area contributed by atoms with Crippen LogP contribution in [-0.2, 0) is 15.7 Å². The number of carbonyl (C=O) groups is 2. The molecule has 0 aliphatic carbocycles. The first-order valence-corrected chi connectivity index (χ1v) is 10.4. The highest BCUT2D eigenvalue weighted by Crippen LogP contribution is 2.35. The average molecular weight is 538 g/mol. The molecular formula is C21H11Cl4F3N2O3. The van der Waals surface area contributed by atoms with Crippen molar-refractivity contribution >= 4 is 64.0 Å². The third-order valence-corrected chi connectivity index (χ3v) is 5.80. The number of nitrogens with zero attached hydrogens (tertiary/aromatic N) is 1. The number of carbonyl (C=O) groups excluding carboxylic acids is 2. The Morgan fingerprint density at radius 3 is 2.24 bits per heavy atom. The van der Waals surface area contributed by atoms with Crippen LogP contribution in [0, 0.1) is 0 Å². The van der Waals surface area contributed by atoms with Gasteiger partial charge < -0.3 is 10.1 Å². The van der Waals surface area contributed by atoms with E-state index in [2.05, 4.69) is 10.3 Å². The number of ether oxygens (including phenoxy) is 1. The van der Waals surface area contributed by atoms with Gasteiger partial charge in [-0.3, -0.25) is 4.79 Å². The summed E-state index contributed by atoms with van der Waals surface area (Å²) in [6.07, 6.45) is -5.17. The number of benzene rings is 2. The van der Waals surface area contributed by atoms with Gasteiger partial charge in [0.05, 0.1) is 31.3 Å². The lowest BCUT2D eigenvalue weighted by molar-refractivity contribution is -0.137. The number of amides is 1. The second kappa shape index (κ2) is 10.2. The molecule has 1 unspecified atom stereocenters. The molecule has 33 heavy (non-hydrogen) atoms. The molecule has 0 spiro atoms. The average Bonchev–Trinajstić information content (AvgIpc) is 2.77. The van der Waals surface area contributed by atoms with Crippen LogP contribution in [0.5, 0.6) is 0 Å². The number of pyridine rings is 1. The summed E-state index contributed by atoms with van der Waals surface area (Å²) in [6.45, 7) is 0. The summed E-state index contributed by atoms with van der Waals surface area (Å²) in [5.41, 5.74) is -1.53. The van der Waals surface area contributed by atoms with Crippen molar-refractivity contribution in [2.24, 2.45) is 0 Å². The number of anilines is 1. The van der Waals surface area contributed by atoms with Crippen molar-refractivity contribution in [3.05, 3.63) is 91.6 Å². The molecule has 1 heterocycles. The molecule has 172 valence electrons. The minimum absolute atomic E-state index is 0.00485. The van der Waals surface area contributed by atoms with Gasteiger partial charge in [-0.15, -0.1) is 0 Å². The third-order valence-electron chi connectivity index (χ3n) is 4.23. The van der Waals surface area contributed by atoms with E-state index in [0.29, 0.717) is 6.07 Å². The standard InChI is InChI=1S/C21H11Cl4F3N2O3/c22-12-7-6-11(21(26,27)28)8-14(12)30-19(31)18(10-4-2-1-3-5-10)33-20(32)17-16(25)15(24)13(23)9-29-17/h1-9,18H,(H,30,31). The Hall–Kier alpha value is -2.52. The number of alkyl halides is 3. The Morgan fingerprint density at radius 1 is 0.939 bits per heavy atom. The van der Waals surface area contributed by atoms with Crippen LogP contribution in [0.2, 0.25) is 20.1 Å². The largest absolute Gasteiger partial charge is 0.443 e. The van der Waals surface area contributed by atoms with E-state index in [1.54, 1.807) is 18.2 Å². The minimum atomic E-state index is -4.66. The summed E-state index contributed by atoms with van der Waals surface area (Å²) < 4.78 is 44.5. The van der Waals surface area contributed by atoms with Gasteiger partial charge in [0.2, 0.25) is 6.10 Å². The molecule has 3 aromatic rings. The molecule has 0 aliphatic heterocycles. The number of nitrogens with one attached hydrogen (secondary N) is 1. The van der Waals surface area contributed by atoms with Gasteiger partial charge >= 0.3 is 12.1 Å². The van der Waals surface area contributed by atoms with Crippen LogP contribution < -0.4 is 5.32 Å². The van der Waals surface area contributed by atoms with Crippen LogP contribution >= 0.6 is 46.4 Å². The van der Waals surface area contributed by atoms with Crippen LogP contribution in [0.25, 0.3) is 0 Å². The fourth-order valence-electron chi connectivity index (χ4n) is 2.64. The summed E-state index contributed by atoms with van der Waals surface area (Å²) in [7, 11) is 0. The van der Waals surface area contributed by atoms with Gasteiger partial charge in [-0.05, 0) is 18.2 Å². The van der Waals surface area contributed by atoms with Gasteiger partial charge in [0, 0.05) is 11.8 Å². The maximum absolute atomic E-state index is 13.1.